The standard InChI is InChI=1S/C15H22N4/c1-3-12-6-4-5-7-14(12)15(18-16)9-8-13-10-11-17-19(13)2/h4-7,10-11,15,18H,3,8-9,16H2,1-2H3. The molecule has 0 spiro atoms. The van der Waals surface area contributed by atoms with Crippen molar-refractivity contribution < 1.29 is 0 Å². The molecule has 102 valence electrons. The second-order valence-electron chi connectivity index (χ2n) is 4.76. The molecule has 0 saturated carbocycles. The van der Waals surface area contributed by atoms with Gasteiger partial charge in [0, 0.05) is 25.0 Å². The molecule has 0 aliphatic carbocycles. The summed E-state index contributed by atoms with van der Waals surface area (Å²) < 4.78 is 1.92. The fourth-order valence-electron chi connectivity index (χ4n) is 2.46. The van der Waals surface area contributed by atoms with E-state index in [0.717, 1.165) is 19.3 Å². The first-order valence-corrected chi connectivity index (χ1v) is 6.77. The molecule has 0 aliphatic heterocycles. The monoisotopic (exact) mass is 258 g/mol. The van der Waals surface area contributed by atoms with Gasteiger partial charge in [-0.05, 0) is 36.5 Å². The van der Waals surface area contributed by atoms with E-state index in [2.05, 4.69) is 47.8 Å². The summed E-state index contributed by atoms with van der Waals surface area (Å²) in [5.41, 5.74) is 6.83. The quantitative estimate of drug-likeness (QED) is 0.616. The highest BCUT2D eigenvalue weighted by molar-refractivity contribution is 5.30. The summed E-state index contributed by atoms with van der Waals surface area (Å²) in [5.74, 6) is 5.73. The van der Waals surface area contributed by atoms with Crippen LogP contribution in [0.3, 0.4) is 0 Å². The van der Waals surface area contributed by atoms with Gasteiger partial charge < -0.3 is 0 Å². The smallest absolute Gasteiger partial charge is 0.0492 e. The van der Waals surface area contributed by atoms with Crippen LogP contribution in [0.5, 0.6) is 0 Å². The van der Waals surface area contributed by atoms with Crippen LogP contribution >= 0.6 is 0 Å². The van der Waals surface area contributed by atoms with Crippen molar-refractivity contribution in [3.05, 3.63) is 53.3 Å². The van der Waals surface area contributed by atoms with Crippen molar-refractivity contribution in [2.24, 2.45) is 12.9 Å². The highest BCUT2D eigenvalue weighted by Crippen LogP contribution is 2.22. The van der Waals surface area contributed by atoms with Crippen molar-refractivity contribution >= 4 is 0 Å². The molecule has 4 heteroatoms. The number of benzene rings is 1. The second kappa shape index (κ2) is 6.50. The molecule has 0 radical (unpaired) electrons. The first-order chi connectivity index (χ1) is 9.26. The molecule has 2 rings (SSSR count). The van der Waals surface area contributed by atoms with Crippen LogP contribution in [-0.4, -0.2) is 9.78 Å². The molecule has 1 unspecified atom stereocenters. The number of nitrogens with two attached hydrogens (primary N) is 1. The minimum atomic E-state index is 0.186. The molecule has 19 heavy (non-hydrogen) atoms. The second-order valence-corrected chi connectivity index (χ2v) is 4.76. The summed E-state index contributed by atoms with van der Waals surface area (Å²) >= 11 is 0. The molecule has 4 nitrogen and oxygen atoms in total. The lowest BCUT2D eigenvalue weighted by molar-refractivity contribution is 0.503. The summed E-state index contributed by atoms with van der Waals surface area (Å²) in [6.07, 6.45) is 4.79. The maximum atomic E-state index is 5.73. The van der Waals surface area contributed by atoms with Gasteiger partial charge in [0.05, 0.1) is 0 Å². The van der Waals surface area contributed by atoms with Gasteiger partial charge in [0.15, 0.2) is 0 Å². The van der Waals surface area contributed by atoms with Gasteiger partial charge in [-0.3, -0.25) is 16.0 Å². The number of hydrogen-bond donors (Lipinski definition) is 2. The van der Waals surface area contributed by atoms with E-state index in [0.29, 0.717) is 0 Å². The summed E-state index contributed by atoms with van der Waals surface area (Å²) in [6, 6.07) is 10.7. The van der Waals surface area contributed by atoms with Crippen LogP contribution in [0.2, 0.25) is 0 Å². The maximum absolute atomic E-state index is 5.73. The van der Waals surface area contributed by atoms with Gasteiger partial charge in [0.25, 0.3) is 0 Å². The SMILES string of the molecule is CCc1ccccc1C(CCc1ccnn1C)NN. The maximum Gasteiger partial charge on any atom is 0.0492 e. The highest BCUT2D eigenvalue weighted by atomic mass is 15.3. The molecule has 1 aromatic carbocycles. The Morgan fingerprint density at radius 1 is 1.32 bits per heavy atom. The van der Waals surface area contributed by atoms with Crippen molar-refractivity contribution in [3.8, 4) is 0 Å². The Labute approximate surface area is 114 Å². The minimum absolute atomic E-state index is 0.186. The first-order valence-electron chi connectivity index (χ1n) is 6.77. The number of nitrogens with zero attached hydrogens (tertiary/aromatic N) is 2. The fourth-order valence-corrected chi connectivity index (χ4v) is 2.46. The molecular formula is C15H22N4. The zero-order chi connectivity index (χ0) is 13.7. The molecule has 1 atom stereocenters. The van der Waals surface area contributed by atoms with Gasteiger partial charge in [0.2, 0.25) is 0 Å². The number of rotatable bonds is 6. The summed E-state index contributed by atoms with van der Waals surface area (Å²) in [4.78, 5) is 0. The molecule has 0 aliphatic rings. The lowest BCUT2D eigenvalue weighted by Crippen LogP contribution is -2.29. The Hall–Kier alpha value is -1.65. The third-order valence-corrected chi connectivity index (χ3v) is 3.62. The molecule has 0 bridgehead atoms. The number of nitrogens with one attached hydrogen (secondary N) is 1. The summed E-state index contributed by atoms with van der Waals surface area (Å²) in [6.45, 7) is 2.17. The third kappa shape index (κ3) is 3.22. The number of hydrazine groups is 1. The number of hydrogen-bond acceptors (Lipinski definition) is 3. The van der Waals surface area contributed by atoms with E-state index < -0.39 is 0 Å². The predicted octanol–water partition coefficient (Wildman–Crippen LogP) is 2.12. The molecule has 3 N–H and O–H groups in total. The van der Waals surface area contributed by atoms with E-state index in [-0.39, 0.29) is 6.04 Å². The zero-order valence-corrected chi connectivity index (χ0v) is 11.6. The summed E-state index contributed by atoms with van der Waals surface area (Å²) in [7, 11) is 1.97. The molecular weight excluding hydrogens is 236 g/mol. The topological polar surface area (TPSA) is 55.9 Å². The van der Waals surface area contributed by atoms with Crippen LogP contribution in [0.1, 0.15) is 36.2 Å². The molecule has 2 aromatic rings. The van der Waals surface area contributed by atoms with E-state index in [4.69, 9.17) is 5.84 Å². The van der Waals surface area contributed by atoms with E-state index in [1.54, 1.807) is 0 Å². The van der Waals surface area contributed by atoms with Crippen molar-refractivity contribution in [1.29, 1.82) is 0 Å². The molecule has 1 aromatic heterocycles. The van der Waals surface area contributed by atoms with E-state index in [9.17, 15) is 0 Å². The van der Waals surface area contributed by atoms with Crippen LogP contribution in [0.15, 0.2) is 36.5 Å². The number of aryl methyl sites for hydroxylation is 3. The van der Waals surface area contributed by atoms with Gasteiger partial charge in [-0.25, -0.2) is 0 Å². The van der Waals surface area contributed by atoms with Crippen LogP contribution in [0.4, 0.5) is 0 Å². The Bertz CT molecular complexity index is 518. The zero-order valence-electron chi connectivity index (χ0n) is 11.6. The van der Waals surface area contributed by atoms with Crippen molar-refractivity contribution in [3.63, 3.8) is 0 Å². The predicted molar refractivity (Wildman–Crippen MR) is 77.4 cm³/mol. The Kier molecular flexibility index (Phi) is 4.71. The third-order valence-electron chi connectivity index (χ3n) is 3.62. The molecule has 0 saturated heterocycles. The fraction of sp³-hybridized carbons (Fsp3) is 0.400. The van der Waals surface area contributed by atoms with Crippen LogP contribution in [0.25, 0.3) is 0 Å². The van der Waals surface area contributed by atoms with Crippen molar-refractivity contribution in [2.75, 3.05) is 0 Å². The normalized spacial score (nSPS) is 12.6. The van der Waals surface area contributed by atoms with Crippen LogP contribution in [0, 0.1) is 0 Å². The highest BCUT2D eigenvalue weighted by Gasteiger charge is 2.13. The minimum Gasteiger partial charge on any atom is -0.273 e. The Balaban J connectivity index is 2.10. The van der Waals surface area contributed by atoms with Gasteiger partial charge in [-0.2, -0.15) is 5.10 Å². The molecule has 1 heterocycles. The van der Waals surface area contributed by atoms with E-state index in [1.807, 2.05) is 17.9 Å². The average Bonchev–Trinajstić information content (AvgIpc) is 2.85. The van der Waals surface area contributed by atoms with Crippen molar-refractivity contribution in [1.82, 2.24) is 15.2 Å². The summed E-state index contributed by atoms with van der Waals surface area (Å²) in [5, 5.41) is 4.19. The van der Waals surface area contributed by atoms with Crippen LogP contribution < -0.4 is 11.3 Å². The number of aromatic nitrogens is 2. The average molecular weight is 258 g/mol. The Morgan fingerprint density at radius 2 is 2.11 bits per heavy atom. The lowest BCUT2D eigenvalue weighted by atomic mass is 9.95. The molecule has 0 amide bonds. The largest absolute Gasteiger partial charge is 0.273 e. The van der Waals surface area contributed by atoms with Gasteiger partial charge in [-0.15, -0.1) is 0 Å². The van der Waals surface area contributed by atoms with E-state index in [1.165, 1.54) is 16.8 Å². The van der Waals surface area contributed by atoms with Gasteiger partial charge >= 0.3 is 0 Å². The van der Waals surface area contributed by atoms with Gasteiger partial charge in [-0.1, -0.05) is 31.2 Å². The lowest BCUT2D eigenvalue weighted by Gasteiger charge is -2.19. The van der Waals surface area contributed by atoms with Crippen molar-refractivity contribution in [2.45, 2.75) is 32.2 Å². The van der Waals surface area contributed by atoms with Crippen LogP contribution in [-0.2, 0) is 19.9 Å². The molecule has 0 fully saturated rings. The van der Waals surface area contributed by atoms with E-state index >= 15 is 0 Å². The Morgan fingerprint density at radius 3 is 2.74 bits per heavy atom. The first kappa shape index (κ1) is 13.8. The van der Waals surface area contributed by atoms with Gasteiger partial charge in [0.1, 0.15) is 0 Å².